The molecule has 0 aromatic heterocycles. The van der Waals surface area contributed by atoms with Crippen LogP contribution in [0, 0.1) is 5.82 Å². The molecule has 0 aliphatic carbocycles. The zero-order valence-corrected chi connectivity index (χ0v) is 20.9. The van der Waals surface area contributed by atoms with Crippen LogP contribution in [0.1, 0.15) is 32.3 Å². The Morgan fingerprint density at radius 2 is 1.65 bits per heavy atom. The molecule has 0 unspecified atom stereocenters. The maximum Gasteiger partial charge on any atom is 0.304 e. The number of para-hydroxylation sites is 1. The van der Waals surface area contributed by atoms with Crippen molar-refractivity contribution >= 4 is 27.7 Å². The first-order valence-corrected chi connectivity index (χ1v) is 12.5. The Balaban J connectivity index is 2.37. The van der Waals surface area contributed by atoms with Gasteiger partial charge in [0.15, 0.2) is 0 Å². The van der Waals surface area contributed by atoms with Gasteiger partial charge in [0, 0.05) is 27.2 Å². The molecule has 2 rings (SSSR count). The molecule has 10 heteroatoms. The highest BCUT2D eigenvalue weighted by Gasteiger charge is 2.32. The highest BCUT2D eigenvalue weighted by atomic mass is 32.2. The van der Waals surface area contributed by atoms with Gasteiger partial charge in [-0.15, -0.1) is 0 Å². The number of nitrogens with zero attached hydrogens (tertiary/aromatic N) is 3. The zero-order valence-electron chi connectivity index (χ0n) is 20.1. The predicted octanol–water partition coefficient (Wildman–Crippen LogP) is 2.77. The summed E-state index contributed by atoms with van der Waals surface area (Å²) < 4.78 is 41.5. The molecule has 1 atom stereocenters. The second-order valence-corrected chi connectivity index (χ2v) is 10.2. The predicted molar refractivity (Wildman–Crippen MR) is 131 cm³/mol. The number of amides is 2. The standard InChI is InChI=1S/C24H33FN4O4S/c1-5-6-16-26-24(31)19(2)28(17-20-12-14-21(25)15-13-20)23(30)18-29(34(32,33)27(3)4)22-10-8-7-9-11-22/h7-15,19H,5-6,16-18H2,1-4H3,(H,26,31)/t19-/m1/s1. The van der Waals surface area contributed by atoms with Gasteiger partial charge in [-0.25, -0.2) is 8.70 Å². The summed E-state index contributed by atoms with van der Waals surface area (Å²) in [6.07, 6.45) is 1.70. The van der Waals surface area contributed by atoms with E-state index in [2.05, 4.69) is 5.32 Å². The summed E-state index contributed by atoms with van der Waals surface area (Å²) in [6, 6.07) is 13.0. The summed E-state index contributed by atoms with van der Waals surface area (Å²) in [5, 5.41) is 2.81. The van der Waals surface area contributed by atoms with Crippen molar-refractivity contribution in [1.82, 2.24) is 14.5 Å². The average molecular weight is 493 g/mol. The van der Waals surface area contributed by atoms with Gasteiger partial charge in [0.1, 0.15) is 18.4 Å². The van der Waals surface area contributed by atoms with Gasteiger partial charge in [-0.2, -0.15) is 12.7 Å². The smallest absolute Gasteiger partial charge is 0.304 e. The fourth-order valence-electron chi connectivity index (χ4n) is 3.22. The number of hydrogen-bond donors (Lipinski definition) is 1. The Hall–Kier alpha value is -2.98. The van der Waals surface area contributed by atoms with Crippen molar-refractivity contribution < 1.29 is 22.4 Å². The molecule has 0 aliphatic rings. The summed E-state index contributed by atoms with van der Waals surface area (Å²) in [5.41, 5.74) is 0.941. The van der Waals surface area contributed by atoms with Gasteiger partial charge in [-0.05, 0) is 43.2 Å². The molecule has 0 spiro atoms. The van der Waals surface area contributed by atoms with Crippen molar-refractivity contribution in [2.24, 2.45) is 0 Å². The Labute approximate surface area is 201 Å². The van der Waals surface area contributed by atoms with E-state index in [0.29, 0.717) is 17.8 Å². The third-order valence-corrected chi connectivity index (χ3v) is 7.15. The van der Waals surface area contributed by atoms with E-state index in [-0.39, 0.29) is 12.5 Å². The molecule has 2 amide bonds. The first-order valence-electron chi connectivity index (χ1n) is 11.1. The fraction of sp³-hybridized carbons (Fsp3) is 0.417. The van der Waals surface area contributed by atoms with Crippen LogP contribution in [-0.4, -0.2) is 62.7 Å². The van der Waals surface area contributed by atoms with Gasteiger partial charge in [-0.3, -0.25) is 9.59 Å². The number of nitrogens with one attached hydrogen (secondary N) is 1. The molecule has 0 saturated carbocycles. The monoisotopic (exact) mass is 492 g/mol. The van der Waals surface area contributed by atoms with Crippen LogP contribution in [0.15, 0.2) is 54.6 Å². The van der Waals surface area contributed by atoms with Gasteiger partial charge >= 0.3 is 10.2 Å². The highest BCUT2D eigenvalue weighted by molar-refractivity contribution is 7.90. The third-order valence-electron chi connectivity index (χ3n) is 5.33. The quantitative estimate of drug-likeness (QED) is 0.462. The van der Waals surface area contributed by atoms with Gasteiger partial charge in [0.2, 0.25) is 11.8 Å². The first kappa shape index (κ1) is 27.3. The molecular formula is C24H33FN4O4S. The first-order chi connectivity index (χ1) is 16.1. The lowest BCUT2D eigenvalue weighted by atomic mass is 10.1. The normalized spacial score (nSPS) is 12.3. The molecule has 0 radical (unpaired) electrons. The number of rotatable bonds is 12. The summed E-state index contributed by atoms with van der Waals surface area (Å²) >= 11 is 0. The van der Waals surface area contributed by atoms with Gasteiger partial charge in [-0.1, -0.05) is 43.7 Å². The Bertz CT molecular complexity index is 1050. The Morgan fingerprint density at radius 1 is 1.03 bits per heavy atom. The second kappa shape index (κ2) is 12.5. The van der Waals surface area contributed by atoms with Gasteiger partial charge in [0.05, 0.1) is 5.69 Å². The molecule has 0 fully saturated rings. The van der Waals surface area contributed by atoms with Crippen LogP contribution in [0.2, 0.25) is 0 Å². The summed E-state index contributed by atoms with van der Waals surface area (Å²) in [6.45, 7) is 3.59. The van der Waals surface area contributed by atoms with Crippen LogP contribution in [0.3, 0.4) is 0 Å². The number of unbranched alkanes of at least 4 members (excludes halogenated alkanes) is 1. The number of hydrogen-bond acceptors (Lipinski definition) is 4. The lowest BCUT2D eigenvalue weighted by Crippen LogP contribution is -2.52. The van der Waals surface area contributed by atoms with E-state index in [0.717, 1.165) is 21.5 Å². The van der Waals surface area contributed by atoms with E-state index in [9.17, 15) is 22.4 Å². The minimum Gasteiger partial charge on any atom is -0.354 e. The lowest BCUT2D eigenvalue weighted by molar-refractivity contribution is -0.139. The largest absolute Gasteiger partial charge is 0.354 e. The van der Waals surface area contributed by atoms with Crippen molar-refractivity contribution in [2.75, 3.05) is 31.5 Å². The van der Waals surface area contributed by atoms with Crippen LogP contribution in [0.5, 0.6) is 0 Å². The number of benzene rings is 2. The maximum absolute atomic E-state index is 13.5. The number of carbonyl (C=O) groups is 2. The molecule has 0 heterocycles. The van der Waals surface area contributed by atoms with E-state index < -0.39 is 34.5 Å². The van der Waals surface area contributed by atoms with Crippen LogP contribution in [0.25, 0.3) is 0 Å². The molecule has 1 N–H and O–H groups in total. The van der Waals surface area contributed by atoms with E-state index in [1.807, 2.05) is 6.92 Å². The molecular weight excluding hydrogens is 459 g/mol. The molecule has 186 valence electrons. The zero-order chi connectivity index (χ0) is 25.3. The summed E-state index contributed by atoms with van der Waals surface area (Å²) in [4.78, 5) is 27.6. The Kier molecular flexibility index (Phi) is 10.0. The van der Waals surface area contributed by atoms with Crippen LogP contribution in [0.4, 0.5) is 10.1 Å². The number of halogens is 1. The van der Waals surface area contributed by atoms with Crippen molar-refractivity contribution in [3.63, 3.8) is 0 Å². The van der Waals surface area contributed by atoms with E-state index >= 15 is 0 Å². The summed E-state index contributed by atoms with van der Waals surface area (Å²) in [7, 11) is -1.22. The highest BCUT2D eigenvalue weighted by Crippen LogP contribution is 2.20. The second-order valence-electron chi connectivity index (χ2n) is 8.10. The number of carbonyl (C=O) groups excluding carboxylic acids is 2. The molecule has 8 nitrogen and oxygen atoms in total. The lowest BCUT2D eigenvalue weighted by Gasteiger charge is -2.32. The maximum atomic E-state index is 13.5. The summed E-state index contributed by atoms with van der Waals surface area (Å²) in [5.74, 6) is -1.32. The van der Waals surface area contributed by atoms with Crippen LogP contribution >= 0.6 is 0 Å². The molecule has 2 aromatic rings. The van der Waals surface area contributed by atoms with Crippen molar-refractivity contribution in [2.45, 2.75) is 39.3 Å². The van der Waals surface area contributed by atoms with Crippen LogP contribution < -0.4 is 9.62 Å². The Morgan fingerprint density at radius 3 is 2.21 bits per heavy atom. The van der Waals surface area contributed by atoms with E-state index in [1.165, 1.54) is 43.3 Å². The van der Waals surface area contributed by atoms with E-state index in [1.54, 1.807) is 37.3 Å². The SMILES string of the molecule is CCCCNC(=O)[C@@H](C)N(Cc1ccc(F)cc1)C(=O)CN(c1ccccc1)S(=O)(=O)N(C)C. The minimum atomic E-state index is -3.99. The average Bonchev–Trinajstić information content (AvgIpc) is 2.82. The van der Waals surface area contributed by atoms with E-state index in [4.69, 9.17) is 0 Å². The van der Waals surface area contributed by atoms with Crippen molar-refractivity contribution in [3.8, 4) is 0 Å². The molecule has 0 aliphatic heterocycles. The van der Waals surface area contributed by atoms with Crippen molar-refractivity contribution in [1.29, 1.82) is 0 Å². The van der Waals surface area contributed by atoms with Crippen LogP contribution in [-0.2, 0) is 26.3 Å². The topological polar surface area (TPSA) is 90.0 Å². The van der Waals surface area contributed by atoms with Gasteiger partial charge in [0.25, 0.3) is 0 Å². The van der Waals surface area contributed by atoms with Gasteiger partial charge < -0.3 is 10.2 Å². The van der Waals surface area contributed by atoms with Crippen molar-refractivity contribution in [3.05, 3.63) is 66.0 Å². The molecule has 0 bridgehead atoms. The molecule has 2 aromatic carbocycles. The fourth-order valence-corrected chi connectivity index (χ4v) is 4.27. The molecule has 34 heavy (non-hydrogen) atoms. The number of anilines is 1. The minimum absolute atomic E-state index is 0.0200. The molecule has 0 saturated heterocycles. The third kappa shape index (κ3) is 7.26.